The Labute approximate surface area is 190 Å². The second-order valence-corrected chi connectivity index (χ2v) is 9.12. The molecule has 0 atom stereocenters. The molecule has 4 rings (SSSR count). The SMILES string of the molecule is Cc1sc(NC(=O)C2CCN(C(=O)Nc3ccccc3)CC2)nc1-c1ccc(Cl)cc1. The summed E-state index contributed by atoms with van der Waals surface area (Å²) in [6, 6.07) is 16.7. The van der Waals surface area contributed by atoms with Gasteiger partial charge in [-0.05, 0) is 44.0 Å². The number of aryl methyl sites for hydroxylation is 1. The minimum absolute atomic E-state index is 0.0421. The van der Waals surface area contributed by atoms with E-state index < -0.39 is 0 Å². The summed E-state index contributed by atoms with van der Waals surface area (Å²) in [6.07, 6.45) is 1.25. The number of carbonyl (C=O) groups excluding carboxylic acids is 2. The Balaban J connectivity index is 1.32. The molecule has 2 aromatic carbocycles. The molecule has 2 N–H and O–H groups in total. The fraction of sp³-hybridized carbons (Fsp3) is 0.261. The van der Waals surface area contributed by atoms with Crippen molar-refractivity contribution in [2.45, 2.75) is 19.8 Å². The molecule has 6 nitrogen and oxygen atoms in total. The quantitative estimate of drug-likeness (QED) is 0.534. The van der Waals surface area contributed by atoms with Crippen LogP contribution in [-0.2, 0) is 4.79 Å². The highest BCUT2D eigenvalue weighted by Gasteiger charge is 2.28. The van der Waals surface area contributed by atoms with Crippen LogP contribution in [0.25, 0.3) is 11.3 Å². The minimum Gasteiger partial charge on any atom is -0.324 e. The van der Waals surface area contributed by atoms with E-state index in [1.165, 1.54) is 11.3 Å². The number of hydrogen-bond acceptors (Lipinski definition) is 4. The summed E-state index contributed by atoms with van der Waals surface area (Å²) in [7, 11) is 0. The van der Waals surface area contributed by atoms with E-state index in [1.807, 2.05) is 61.5 Å². The summed E-state index contributed by atoms with van der Waals surface area (Å²) in [5.74, 6) is -0.177. The lowest BCUT2D eigenvalue weighted by atomic mass is 9.96. The predicted octanol–water partition coefficient (Wildman–Crippen LogP) is 5.65. The van der Waals surface area contributed by atoms with Crippen molar-refractivity contribution in [2.75, 3.05) is 23.7 Å². The Morgan fingerprint density at radius 3 is 2.39 bits per heavy atom. The second-order valence-electron chi connectivity index (χ2n) is 7.48. The topological polar surface area (TPSA) is 74.3 Å². The van der Waals surface area contributed by atoms with Crippen LogP contribution >= 0.6 is 22.9 Å². The first-order chi connectivity index (χ1) is 15.0. The molecule has 160 valence electrons. The third-order valence-electron chi connectivity index (χ3n) is 5.32. The molecule has 0 saturated carbocycles. The average Bonchev–Trinajstić information content (AvgIpc) is 3.15. The zero-order valence-electron chi connectivity index (χ0n) is 17.1. The highest BCUT2D eigenvalue weighted by atomic mass is 35.5. The van der Waals surface area contributed by atoms with Gasteiger partial charge in [0, 0.05) is 40.2 Å². The molecule has 3 amide bonds. The number of amides is 3. The highest BCUT2D eigenvalue weighted by molar-refractivity contribution is 7.16. The first kappa shape index (κ1) is 21.3. The minimum atomic E-state index is -0.135. The number of carbonyl (C=O) groups is 2. The number of para-hydroxylation sites is 1. The van der Waals surface area contributed by atoms with E-state index in [9.17, 15) is 9.59 Å². The molecule has 3 aromatic rings. The maximum Gasteiger partial charge on any atom is 0.321 e. The zero-order valence-corrected chi connectivity index (χ0v) is 18.7. The lowest BCUT2D eigenvalue weighted by Crippen LogP contribution is -2.43. The molecule has 0 bridgehead atoms. The Kier molecular flexibility index (Phi) is 6.53. The summed E-state index contributed by atoms with van der Waals surface area (Å²) in [5.41, 5.74) is 2.59. The van der Waals surface area contributed by atoms with Crippen molar-refractivity contribution >= 4 is 45.7 Å². The largest absolute Gasteiger partial charge is 0.324 e. The Morgan fingerprint density at radius 2 is 1.71 bits per heavy atom. The standard InChI is InChI=1S/C23H23ClN4O2S/c1-15-20(16-7-9-18(24)10-8-16)26-22(31-15)27-21(29)17-11-13-28(14-12-17)23(30)25-19-5-3-2-4-6-19/h2-10,17H,11-14H2,1H3,(H,25,30)(H,26,27,29). The van der Waals surface area contributed by atoms with Crippen molar-refractivity contribution in [1.82, 2.24) is 9.88 Å². The fourth-order valence-corrected chi connectivity index (χ4v) is 4.57. The summed E-state index contributed by atoms with van der Waals surface area (Å²) < 4.78 is 0. The molecule has 0 aliphatic carbocycles. The number of benzene rings is 2. The molecular formula is C23H23ClN4O2S. The van der Waals surface area contributed by atoms with E-state index in [2.05, 4.69) is 15.6 Å². The molecule has 1 aliphatic rings. The van der Waals surface area contributed by atoms with Gasteiger partial charge in [-0.25, -0.2) is 9.78 Å². The third-order valence-corrected chi connectivity index (χ3v) is 6.46. The van der Waals surface area contributed by atoms with Crippen molar-refractivity contribution < 1.29 is 9.59 Å². The number of nitrogens with zero attached hydrogens (tertiary/aromatic N) is 2. The summed E-state index contributed by atoms with van der Waals surface area (Å²) in [5, 5.41) is 7.12. The maximum absolute atomic E-state index is 12.8. The van der Waals surface area contributed by atoms with Crippen LogP contribution in [-0.4, -0.2) is 34.9 Å². The number of anilines is 2. The summed E-state index contributed by atoms with van der Waals surface area (Å²) in [4.78, 5) is 32.6. The van der Waals surface area contributed by atoms with Crippen molar-refractivity contribution in [3.63, 3.8) is 0 Å². The summed E-state index contributed by atoms with van der Waals surface area (Å²) >= 11 is 7.43. The van der Waals surface area contributed by atoms with Gasteiger partial charge < -0.3 is 15.5 Å². The lowest BCUT2D eigenvalue weighted by molar-refractivity contribution is -0.121. The molecular weight excluding hydrogens is 432 g/mol. The van der Waals surface area contributed by atoms with Crippen LogP contribution in [0.4, 0.5) is 15.6 Å². The normalized spacial score (nSPS) is 14.3. The first-order valence-electron chi connectivity index (χ1n) is 10.1. The Bertz CT molecular complexity index is 1060. The molecule has 1 aliphatic heterocycles. The van der Waals surface area contributed by atoms with Gasteiger partial charge in [0.25, 0.3) is 0 Å². The van der Waals surface area contributed by atoms with E-state index >= 15 is 0 Å². The summed E-state index contributed by atoms with van der Waals surface area (Å²) in [6.45, 7) is 3.08. The van der Waals surface area contributed by atoms with Gasteiger partial charge in [-0.15, -0.1) is 11.3 Å². The van der Waals surface area contributed by atoms with Crippen LogP contribution in [0.3, 0.4) is 0 Å². The van der Waals surface area contributed by atoms with Gasteiger partial charge in [0.1, 0.15) is 0 Å². The van der Waals surface area contributed by atoms with Gasteiger partial charge in [0.2, 0.25) is 5.91 Å². The number of urea groups is 1. The van der Waals surface area contributed by atoms with E-state index in [-0.39, 0.29) is 17.9 Å². The van der Waals surface area contributed by atoms with Crippen molar-refractivity contribution in [1.29, 1.82) is 0 Å². The highest BCUT2D eigenvalue weighted by Crippen LogP contribution is 2.31. The molecule has 31 heavy (non-hydrogen) atoms. The first-order valence-corrected chi connectivity index (χ1v) is 11.3. The molecule has 2 heterocycles. The zero-order chi connectivity index (χ0) is 21.8. The van der Waals surface area contributed by atoms with Crippen LogP contribution in [0.15, 0.2) is 54.6 Å². The predicted molar refractivity (Wildman–Crippen MR) is 126 cm³/mol. The van der Waals surface area contributed by atoms with Gasteiger partial charge in [-0.1, -0.05) is 41.9 Å². The number of nitrogens with one attached hydrogen (secondary N) is 2. The smallest absolute Gasteiger partial charge is 0.321 e. The van der Waals surface area contributed by atoms with Gasteiger partial charge in [0.15, 0.2) is 5.13 Å². The number of halogens is 1. The number of hydrogen-bond donors (Lipinski definition) is 2. The number of piperidine rings is 1. The van der Waals surface area contributed by atoms with Crippen LogP contribution in [0.5, 0.6) is 0 Å². The molecule has 1 fully saturated rings. The van der Waals surface area contributed by atoms with Crippen LogP contribution in [0, 0.1) is 12.8 Å². The van der Waals surface area contributed by atoms with Crippen molar-refractivity contribution in [3.05, 3.63) is 64.5 Å². The Morgan fingerprint density at radius 1 is 1.03 bits per heavy atom. The maximum atomic E-state index is 12.8. The average molecular weight is 455 g/mol. The van der Waals surface area contributed by atoms with E-state index in [0.717, 1.165) is 21.8 Å². The number of rotatable bonds is 4. The Hall–Kier alpha value is -2.90. The molecule has 0 spiro atoms. The molecule has 1 aromatic heterocycles. The van der Waals surface area contributed by atoms with E-state index in [0.29, 0.717) is 36.1 Å². The van der Waals surface area contributed by atoms with Crippen LogP contribution in [0.2, 0.25) is 5.02 Å². The third kappa shape index (κ3) is 5.24. The molecule has 0 radical (unpaired) electrons. The molecule has 8 heteroatoms. The van der Waals surface area contributed by atoms with E-state index in [4.69, 9.17) is 11.6 Å². The second kappa shape index (κ2) is 9.49. The van der Waals surface area contributed by atoms with Gasteiger partial charge in [0.05, 0.1) is 5.69 Å². The van der Waals surface area contributed by atoms with Gasteiger partial charge >= 0.3 is 6.03 Å². The fourth-order valence-electron chi connectivity index (χ4n) is 3.60. The van der Waals surface area contributed by atoms with Gasteiger partial charge in [-0.3, -0.25) is 4.79 Å². The number of likely N-dealkylation sites (tertiary alicyclic amines) is 1. The lowest BCUT2D eigenvalue weighted by Gasteiger charge is -2.31. The van der Waals surface area contributed by atoms with Crippen LogP contribution < -0.4 is 10.6 Å². The number of aromatic nitrogens is 1. The van der Waals surface area contributed by atoms with Crippen molar-refractivity contribution in [2.24, 2.45) is 5.92 Å². The molecule has 1 saturated heterocycles. The van der Waals surface area contributed by atoms with Crippen LogP contribution in [0.1, 0.15) is 17.7 Å². The number of thiazole rings is 1. The van der Waals surface area contributed by atoms with Gasteiger partial charge in [-0.2, -0.15) is 0 Å². The van der Waals surface area contributed by atoms with E-state index in [1.54, 1.807) is 4.90 Å². The molecule has 0 unspecified atom stereocenters. The monoisotopic (exact) mass is 454 g/mol. The van der Waals surface area contributed by atoms with Crippen molar-refractivity contribution in [3.8, 4) is 11.3 Å².